The first-order valence-electron chi connectivity index (χ1n) is 10.1. The maximum absolute atomic E-state index is 12.9. The van der Waals surface area contributed by atoms with Crippen molar-refractivity contribution in [2.75, 3.05) is 13.1 Å². The highest BCUT2D eigenvalue weighted by Gasteiger charge is 2.47. The number of hydrogen-bond acceptors (Lipinski definition) is 3. The number of amides is 1. The molecule has 30 heavy (non-hydrogen) atoms. The van der Waals surface area contributed by atoms with Crippen molar-refractivity contribution >= 4 is 5.91 Å². The Kier molecular flexibility index (Phi) is 5.04. The van der Waals surface area contributed by atoms with E-state index in [1.54, 1.807) is 11.0 Å². The average molecular weight is 418 g/mol. The Morgan fingerprint density at radius 1 is 1.03 bits per heavy atom. The van der Waals surface area contributed by atoms with Crippen LogP contribution in [0.1, 0.15) is 52.0 Å². The van der Waals surface area contributed by atoms with Crippen molar-refractivity contribution in [3.8, 4) is 5.75 Å². The van der Waals surface area contributed by atoms with Crippen LogP contribution in [-0.2, 0) is 6.18 Å². The van der Waals surface area contributed by atoms with Crippen LogP contribution in [0.25, 0.3) is 0 Å². The van der Waals surface area contributed by atoms with Gasteiger partial charge in [-0.05, 0) is 74.2 Å². The predicted molar refractivity (Wildman–Crippen MR) is 107 cm³/mol. The lowest BCUT2D eigenvalue weighted by Crippen LogP contribution is -2.49. The summed E-state index contributed by atoms with van der Waals surface area (Å²) in [6.45, 7) is 7.36. The van der Waals surface area contributed by atoms with Crippen molar-refractivity contribution in [3.63, 3.8) is 0 Å². The number of benzene rings is 2. The Morgan fingerprint density at radius 2 is 1.70 bits per heavy atom. The van der Waals surface area contributed by atoms with Crippen LogP contribution in [-0.4, -0.2) is 46.0 Å². The number of carbonyl (C=O) groups excluding carboxylic acids is 1. The van der Waals surface area contributed by atoms with E-state index in [4.69, 9.17) is 0 Å². The van der Waals surface area contributed by atoms with E-state index in [9.17, 15) is 23.1 Å². The molecule has 0 aliphatic carbocycles. The third-order valence-electron chi connectivity index (χ3n) is 6.75. The van der Waals surface area contributed by atoms with Crippen molar-refractivity contribution < 1.29 is 23.1 Å². The van der Waals surface area contributed by atoms with Gasteiger partial charge in [0.25, 0.3) is 5.91 Å². The molecule has 0 radical (unpaired) electrons. The minimum absolute atomic E-state index is 0.0609. The summed E-state index contributed by atoms with van der Waals surface area (Å²) in [5, 5.41) is 9.92. The van der Waals surface area contributed by atoms with Crippen LogP contribution < -0.4 is 0 Å². The first-order valence-corrected chi connectivity index (χ1v) is 10.1. The van der Waals surface area contributed by atoms with Gasteiger partial charge in [-0.3, -0.25) is 9.69 Å². The molecule has 0 unspecified atom stereocenters. The van der Waals surface area contributed by atoms with Gasteiger partial charge >= 0.3 is 6.18 Å². The lowest BCUT2D eigenvalue weighted by atomic mass is 9.96. The topological polar surface area (TPSA) is 43.8 Å². The highest BCUT2D eigenvalue weighted by atomic mass is 19.4. The Bertz CT molecular complexity index is 972. The molecule has 7 heteroatoms. The van der Waals surface area contributed by atoms with Gasteiger partial charge in [0.2, 0.25) is 0 Å². The number of fused-ring (bicyclic) bond motifs is 2. The lowest BCUT2D eigenvalue weighted by molar-refractivity contribution is -0.137. The number of halogens is 3. The summed E-state index contributed by atoms with van der Waals surface area (Å²) >= 11 is 0. The second-order valence-electron chi connectivity index (χ2n) is 8.37. The highest BCUT2D eigenvalue weighted by molar-refractivity contribution is 5.94. The molecule has 2 saturated heterocycles. The van der Waals surface area contributed by atoms with Crippen LogP contribution in [0.15, 0.2) is 36.4 Å². The van der Waals surface area contributed by atoms with E-state index in [0.717, 1.165) is 36.2 Å². The summed E-state index contributed by atoms with van der Waals surface area (Å²) in [5.41, 5.74) is 2.66. The van der Waals surface area contributed by atoms with E-state index in [2.05, 4.69) is 11.8 Å². The first kappa shape index (κ1) is 20.7. The molecule has 0 aromatic heterocycles. The second-order valence-corrected chi connectivity index (χ2v) is 8.37. The maximum atomic E-state index is 12.9. The number of hydrogen-bond donors (Lipinski definition) is 1. The molecule has 4 nitrogen and oxygen atoms in total. The molecule has 1 N–H and O–H groups in total. The molecule has 4 rings (SSSR count). The van der Waals surface area contributed by atoms with Gasteiger partial charge in [-0.25, -0.2) is 0 Å². The number of phenols is 1. The van der Waals surface area contributed by atoms with Crippen molar-refractivity contribution in [1.29, 1.82) is 0 Å². The summed E-state index contributed by atoms with van der Waals surface area (Å²) in [6, 6.07) is 8.57. The molecule has 2 aliphatic rings. The summed E-state index contributed by atoms with van der Waals surface area (Å²) in [6.07, 6.45) is -3.54. The third kappa shape index (κ3) is 3.45. The Labute approximate surface area is 173 Å². The number of aromatic hydroxyl groups is 1. The zero-order chi connectivity index (χ0) is 21.8. The summed E-state index contributed by atoms with van der Waals surface area (Å²) < 4.78 is 38.3. The predicted octanol–water partition coefficient (Wildman–Crippen LogP) is 4.69. The molecule has 2 aliphatic heterocycles. The molecule has 0 spiro atoms. The van der Waals surface area contributed by atoms with Crippen LogP contribution in [0.2, 0.25) is 0 Å². The number of nitrogens with zero attached hydrogens (tertiary/aromatic N) is 2. The fraction of sp³-hybridized carbons (Fsp3) is 0.435. The van der Waals surface area contributed by atoms with Crippen LogP contribution >= 0.6 is 0 Å². The highest BCUT2D eigenvalue weighted by Crippen LogP contribution is 2.39. The van der Waals surface area contributed by atoms with Gasteiger partial charge in [-0.15, -0.1) is 0 Å². The maximum Gasteiger partial charge on any atom is 0.416 e. The SMILES string of the molecule is Cc1c(O)ccc([C@H](C)N2C[C@@H]3C[C@H]2CN3C(=O)c2ccc(C(F)(F)F)cc2)c1C. The molecule has 2 aromatic rings. The second kappa shape index (κ2) is 7.30. The van der Waals surface area contributed by atoms with Crippen molar-refractivity contribution in [2.24, 2.45) is 0 Å². The van der Waals surface area contributed by atoms with Gasteiger partial charge in [0, 0.05) is 36.8 Å². The molecular formula is C23H25F3N2O2. The number of piperazine rings is 1. The summed E-state index contributed by atoms with van der Waals surface area (Å²) in [7, 11) is 0. The third-order valence-corrected chi connectivity index (χ3v) is 6.75. The number of carbonyl (C=O) groups is 1. The van der Waals surface area contributed by atoms with Gasteiger partial charge in [-0.2, -0.15) is 13.2 Å². The zero-order valence-electron chi connectivity index (χ0n) is 17.2. The van der Waals surface area contributed by atoms with Crippen LogP contribution in [0.3, 0.4) is 0 Å². The van der Waals surface area contributed by atoms with Crippen molar-refractivity contribution in [1.82, 2.24) is 9.80 Å². The molecule has 2 bridgehead atoms. The van der Waals surface area contributed by atoms with E-state index in [1.165, 1.54) is 17.7 Å². The van der Waals surface area contributed by atoms with Crippen LogP contribution in [0.5, 0.6) is 5.75 Å². The number of likely N-dealkylation sites (tertiary alicyclic amines) is 2. The first-order chi connectivity index (χ1) is 14.1. The Balaban J connectivity index is 1.47. The van der Waals surface area contributed by atoms with E-state index in [1.807, 2.05) is 19.9 Å². The molecule has 0 saturated carbocycles. The smallest absolute Gasteiger partial charge is 0.416 e. The van der Waals surface area contributed by atoms with Gasteiger partial charge in [0.05, 0.1) is 5.56 Å². The van der Waals surface area contributed by atoms with E-state index >= 15 is 0 Å². The monoisotopic (exact) mass is 418 g/mol. The van der Waals surface area contributed by atoms with Gasteiger partial charge in [0.1, 0.15) is 5.75 Å². The molecular weight excluding hydrogens is 393 g/mol. The van der Waals surface area contributed by atoms with Crippen LogP contribution in [0.4, 0.5) is 13.2 Å². The fourth-order valence-corrected chi connectivity index (χ4v) is 4.85. The van der Waals surface area contributed by atoms with Gasteiger partial charge in [-0.1, -0.05) is 6.07 Å². The molecule has 1 amide bonds. The Hall–Kier alpha value is -2.54. The minimum Gasteiger partial charge on any atom is -0.508 e. The zero-order valence-corrected chi connectivity index (χ0v) is 17.2. The standard InChI is InChI=1S/C23H25F3N2O2/c1-13-14(2)21(29)9-8-20(13)15(3)27-11-19-10-18(27)12-28(19)22(30)16-4-6-17(7-5-16)23(24,25)26/h4-9,15,18-19,29H,10-12H2,1-3H3/t15-,18-,19-/m0/s1. The normalized spacial score (nSPS) is 22.5. The van der Waals surface area contributed by atoms with Crippen molar-refractivity contribution in [3.05, 3.63) is 64.2 Å². The van der Waals surface area contributed by atoms with Gasteiger partial charge < -0.3 is 10.0 Å². The quantitative estimate of drug-likeness (QED) is 0.787. The number of alkyl halides is 3. The van der Waals surface area contributed by atoms with Crippen LogP contribution in [0, 0.1) is 13.8 Å². The number of phenolic OH excluding ortho intramolecular Hbond substituents is 1. The molecule has 2 aromatic carbocycles. The van der Waals surface area contributed by atoms with E-state index in [-0.39, 0.29) is 24.0 Å². The summed E-state index contributed by atoms with van der Waals surface area (Å²) in [4.78, 5) is 17.1. The fourth-order valence-electron chi connectivity index (χ4n) is 4.85. The Morgan fingerprint density at radius 3 is 2.27 bits per heavy atom. The van der Waals surface area contributed by atoms with E-state index in [0.29, 0.717) is 17.9 Å². The van der Waals surface area contributed by atoms with Crippen molar-refractivity contribution in [2.45, 2.75) is 51.5 Å². The molecule has 2 heterocycles. The molecule has 160 valence electrons. The summed E-state index contributed by atoms with van der Waals surface area (Å²) in [5.74, 6) is 0.0832. The minimum atomic E-state index is -4.41. The lowest BCUT2D eigenvalue weighted by Gasteiger charge is -2.38. The molecule has 2 fully saturated rings. The largest absolute Gasteiger partial charge is 0.508 e. The van der Waals surface area contributed by atoms with Gasteiger partial charge in [0.15, 0.2) is 0 Å². The number of rotatable bonds is 3. The van der Waals surface area contributed by atoms with E-state index < -0.39 is 11.7 Å². The molecule has 3 atom stereocenters. The average Bonchev–Trinajstić information content (AvgIpc) is 3.31.